The Labute approximate surface area is 222 Å². The van der Waals surface area contributed by atoms with E-state index in [2.05, 4.69) is 10.3 Å². The van der Waals surface area contributed by atoms with Crippen molar-refractivity contribution in [1.82, 2.24) is 29.1 Å². The van der Waals surface area contributed by atoms with Crippen LogP contribution in [0.15, 0.2) is 48.9 Å². The lowest BCUT2D eigenvalue weighted by molar-refractivity contribution is -0.119. The Morgan fingerprint density at radius 2 is 1.97 bits per heavy atom. The lowest BCUT2D eigenvalue weighted by Crippen LogP contribution is -2.51. The summed E-state index contributed by atoms with van der Waals surface area (Å²) in [7, 11) is 0. The van der Waals surface area contributed by atoms with E-state index in [-0.39, 0.29) is 36.6 Å². The van der Waals surface area contributed by atoms with Gasteiger partial charge in [-0.05, 0) is 36.2 Å². The highest BCUT2D eigenvalue weighted by molar-refractivity contribution is 6.51. The first-order valence-electron chi connectivity index (χ1n) is 13.3. The van der Waals surface area contributed by atoms with Crippen LogP contribution in [0.25, 0.3) is 27.7 Å². The molecular formula is C29H25FN6O3. The van der Waals surface area contributed by atoms with E-state index in [0.717, 1.165) is 18.5 Å². The van der Waals surface area contributed by atoms with Crippen LogP contribution in [0.3, 0.4) is 0 Å². The van der Waals surface area contributed by atoms with Gasteiger partial charge >= 0.3 is 6.03 Å². The molecule has 0 radical (unpaired) electrons. The normalized spacial score (nSPS) is 22.7. The van der Waals surface area contributed by atoms with Crippen LogP contribution >= 0.6 is 0 Å². The second-order valence-corrected chi connectivity index (χ2v) is 10.9. The number of carbonyl (C=O) groups is 3. The number of imidazole rings is 1. The molecule has 9 nitrogen and oxygen atoms in total. The summed E-state index contributed by atoms with van der Waals surface area (Å²) < 4.78 is 18.9. The first-order valence-corrected chi connectivity index (χ1v) is 13.3. The van der Waals surface area contributed by atoms with Crippen molar-refractivity contribution in [1.29, 1.82) is 0 Å². The number of allylic oxidation sites excluding steroid dienone is 2. The van der Waals surface area contributed by atoms with Crippen LogP contribution in [0.2, 0.25) is 0 Å². The Morgan fingerprint density at radius 1 is 1.10 bits per heavy atom. The van der Waals surface area contributed by atoms with Crippen molar-refractivity contribution in [2.24, 2.45) is 0 Å². The number of urea groups is 1. The molecule has 8 rings (SSSR count). The zero-order chi connectivity index (χ0) is 26.4. The molecule has 2 atom stereocenters. The van der Waals surface area contributed by atoms with Gasteiger partial charge in [-0.2, -0.15) is 0 Å². The average molecular weight is 525 g/mol. The van der Waals surface area contributed by atoms with Gasteiger partial charge in [0.05, 0.1) is 29.4 Å². The topological polar surface area (TPSA) is 92.0 Å². The largest absolute Gasteiger partial charge is 0.345 e. The third-order valence-electron chi connectivity index (χ3n) is 8.63. The van der Waals surface area contributed by atoms with Gasteiger partial charge in [0.25, 0.3) is 0 Å². The van der Waals surface area contributed by atoms with Crippen LogP contribution in [0.5, 0.6) is 0 Å². The van der Waals surface area contributed by atoms with E-state index >= 15 is 4.39 Å². The molecule has 4 aromatic rings. The van der Waals surface area contributed by atoms with Gasteiger partial charge in [-0.15, -0.1) is 0 Å². The number of hydrogen-bond donors (Lipinski definition) is 1. The molecule has 2 saturated heterocycles. The van der Waals surface area contributed by atoms with Crippen LogP contribution in [-0.4, -0.2) is 73.1 Å². The summed E-state index contributed by atoms with van der Waals surface area (Å²) in [6.45, 7) is 2.76. The Balaban J connectivity index is 1.25. The first kappa shape index (κ1) is 22.7. The molecule has 10 heteroatoms. The SMILES string of the molecule is O=C1CC(=O)C(c2cnc3ccccn23)=C1c1cn2c3c(cc(F)cc13)CN(C(=O)N1C[C@H]3C[C@@H]1CN3)CC2. The number of piperazine rings is 1. The number of pyridine rings is 1. The van der Waals surface area contributed by atoms with Gasteiger partial charge < -0.3 is 19.7 Å². The third kappa shape index (κ3) is 3.27. The van der Waals surface area contributed by atoms with Gasteiger partial charge in [-0.25, -0.2) is 14.2 Å². The van der Waals surface area contributed by atoms with E-state index in [1.807, 2.05) is 40.1 Å². The Morgan fingerprint density at radius 3 is 2.79 bits per heavy atom. The molecule has 3 aliphatic heterocycles. The minimum atomic E-state index is -0.441. The number of halogens is 1. The lowest BCUT2D eigenvalue weighted by Gasteiger charge is -2.33. The number of hydrogen-bond acceptors (Lipinski definition) is 5. The Hall–Kier alpha value is -4.31. The minimum absolute atomic E-state index is 0.0124. The fourth-order valence-electron chi connectivity index (χ4n) is 6.91. The van der Waals surface area contributed by atoms with Crippen LogP contribution in [-0.2, 0) is 22.7 Å². The van der Waals surface area contributed by atoms with Crippen molar-refractivity contribution in [3.8, 4) is 0 Å². The number of carbonyl (C=O) groups excluding carboxylic acids is 3. The fourth-order valence-corrected chi connectivity index (χ4v) is 6.91. The zero-order valence-electron chi connectivity index (χ0n) is 21.1. The zero-order valence-corrected chi connectivity index (χ0v) is 21.1. The summed E-state index contributed by atoms with van der Waals surface area (Å²) in [6, 6.07) is 9.00. The number of aromatic nitrogens is 3. The van der Waals surface area contributed by atoms with Crippen LogP contribution in [0.4, 0.5) is 9.18 Å². The molecule has 0 saturated carbocycles. The summed E-state index contributed by atoms with van der Waals surface area (Å²) in [5.41, 5.74) is 3.87. The molecule has 4 aliphatic rings. The molecule has 2 bridgehead atoms. The van der Waals surface area contributed by atoms with E-state index in [1.165, 1.54) is 12.1 Å². The molecular weight excluding hydrogens is 499 g/mol. The van der Waals surface area contributed by atoms with Gasteiger partial charge in [0.2, 0.25) is 0 Å². The summed E-state index contributed by atoms with van der Waals surface area (Å²) in [5.74, 6) is -0.988. The lowest BCUT2D eigenvalue weighted by atomic mass is 9.98. The van der Waals surface area contributed by atoms with Gasteiger partial charge in [-0.1, -0.05) is 6.07 Å². The molecule has 3 aromatic heterocycles. The first-order chi connectivity index (χ1) is 19.0. The molecule has 2 fully saturated rings. The van der Waals surface area contributed by atoms with Crippen LogP contribution in [0, 0.1) is 5.82 Å². The van der Waals surface area contributed by atoms with Crippen molar-refractivity contribution in [2.45, 2.75) is 38.0 Å². The van der Waals surface area contributed by atoms with Crippen molar-refractivity contribution >= 4 is 45.3 Å². The maximum atomic E-state index is 15.1. The molecule has 196 valence electrons. The van der Waals surface area contributed by atoms with Crippen molar-refractivity contribution in [2.75, 3.05) is 19.6 Å². The number of nitrogens with one attached hydrogen (secondary N) is 1. The summed E-state index contributed by atoms with van der Waals surface area (Å²) in [6.07, 6.45) is 6.02. The quantitative estimate of drug-likeness (QED) is 0.407. The smallest absolute Gasteiger partial charge is 0.320 e. The summed E-state index contributed by atoms with van der Waals surface area (Å²) in [5, 5.41) is 4.00. The summed E-state index contributed by atoms with van der Waals surface area (Å²) >= 11 is 0. The monoisotopic (exact) mass is 524 g/mol. The Kier molecular flexibility index (Phi) is 4.70. The van der Waals surface area contributed by atoms with Gasteiger partial charge in [-0.3, -0.25) is 14.0 Å². The molecule has 2 amide bonds. The van der Waals surface area contributed by atoms with E-state index in [9.17, 15) is 14.4 Å². The second kappa shape index (κ2) is 8.09. The maximum absolute atomic E-state index is 15.1. The Bertz CT molecular complexity index is 1780. The minimum Gasteiger partial charge on any atom is -0.345 e. The molecule has 0 unspecified atom stereocenters. The van der Waals surface area contributed by atoms with Crippen molar-refractivity contribution < 1.29 is 18.8 Å². The maximum Gasteiger partial charge on any atom is 0.320 e. The van der Waals surface area contributed by atoms with Crippen LogP contribution < -0.4 is 5.32 Å². The van der Waals surface area contributed by atoms with Crippen molar-refractivity contribution in [3.05, 3.63) is 71.6 Å². The number of Topliss-reactive ketones (excluding diaryl/α,β-unsaturated/α-hetero) is 2. The number of rotatable bonds is 2. The number of fused-ring (bicyclic) bond motifs is 3. The van der Waals surface area contributed by atoms with Gasteiger partial charge in [0.1, 0.15) is 11.5 Å². The number of ketones is 2. The standard InChI is InChI=1S/C29H25FN6O3/c30-17-7-16-13-34(29(39)36-14-18-9-19(36)11-31-18)6-5-33-15-21(20(8-17)28(16)33)26-23(37)10-24(38)27(26)22-12-32-25-3-1-2-4-35(22)25/h1-4,7-8,12,15,18-19,31H,5-6,9-11,13-14H2/t18-,19-/m1/s1. The average Bonchev–Trinajstić information content (AvgIpc) is 3.73. The van der Waals surface area contributed by atoms with Crippen molar-refractivity contribution in [3.63, 3.8) is 0 Å². The number of benzene rings is 1. The molecule has 6 heterocycles. The van der Waals surface area contributed by atoms with E-state index in [4.69, 9.17) is 0 Å². The van der Waals surface area contributed by atoms with E-state index in [1.54, 1.807) is 15.5 Å². The fraction of sp³-hybridized carbons (Fsp3) is 0.310. The molecule has 39 heavy (non-hydrogen) atoms. The number of amides is 2. The summed E-state index contributed by atoms with van der Waals surface area (Å²) in [4.78, 5) is 48.1. The highest BCUT2D eigenvalue weighted by Crippen LogP contribution is 2.41. The highest BCUT2D eigenvalue weighted by Gasteiger charge is 2.42. The van der Waals surface area contributed by atoms with Gasteiger partial charge in [0.15, 0.2) is 11.6 Å². The number of likely N-dealkylation sites (tertiary alicyclic amines) is 1. The van der Waals surface area contributed by atoms with E-state index in [0.29, 0.717) is 64.7 Å². The third-order valence-corrected chi connectivity index (χ3v) is 8.63. The second-order valence-electron chi connectivity index (χ2n) is 10.9. The molecule has 0 spiro atoms. The number of nitrogens with zero attached hydrogens (tertiary/aromatic N) is 5. The molecule has 1 aliphatic carbocycles. The van der Waals surface area contributed by atoms with Gasteiger partial charge in [0, 0.05) is 73.7 Å². The predicted molar refractivity (Wildman–Crippen MR) is 141 cm³/mol. The molecule has 1 aromatic carbocycles. The predicted octanol–water partition coefficient (Wildman–Crippen LogP) is 2.86. The molecule has 1 N–H and O–H groups in total. The van der Waals surface area contributed by atoms with Crippen LogP contribution in [0.1, 0.15) is 29.7 Å². The van der Waals surface area contributed by atoms with E-state index < -0.39 is 5.82 Å². The highest BCUT2D eigenvalue weighted by atomic mass is 19.1.